The van der Waals surface area contributed by atoms with Gasteiger partial charge in [-0.1, -0.05) is 0 Å². The Kier molecular flexibility index (Phi) is 1.88. The predicted molar refractivity (Wildman–Crippen MR) is 33.4 cm³/mol. The Morgan fingerprint density at radius 1 is 1.75 bits per heavy atom. The molecule has 3 heteroatoms. The standard InChI is InChI=1S/C5H8O2Si/c8-7-4-5-2-1-3-6-5/h1-3H,4H2,8H3. The summed E-state index contributed by atoms with van der Waals surface area (Å²) in [5.41, 5.74) is 0. The third-order valence-electron chi connectivity index (χ3n) is 0.867. The Balaban J connectivity index is 2.50. The van der Waals surface area contributed by atoms with Crippen LogP contribution in [-0.4, -0.2) is 10.5 Å². The van der Waals surface area contributed by atoms with Gasteiger partial charge in [0.2, 0.25) is 0 Å². The van der Waals surface area contributed by atoms with E-state index in [4.69, 9.17) is 8.84 Å². The third-order valence-corrected chi connectivity index (χ3v) is 1.16. The molecule has 1 aromatic rings. The highest BCUT2D eigenvalue weighted by atomic mass is 28.2. The van der Waals surface area contributed by atoms with Gasteiger partial charge in [0.15, 0.2) is 0 Å². The summed E-state index contributed by atoms with van der Waals surface area (Å²) in [6.07, 6.45) is 1.65. The number of hydrogen-bond donors (Lipinski definition) is 0. The van der Waals surface area contributed by atoms with Crippen molar-refractivity contribution in [2.45, 2.75) is 6.61 Å². The molecular formula is C5H8O2Si. The summed E-state index contributed by atoms with van der Waals surface area (Å²) in [5.74, 6) is 0.903. The average molecular weight is 128 g/mol. The molecule has 0 amide bonds. The highest BCUT2D eigenvalue weighted by Gasteiger charge is 1.88. The zero-order valence-corrected chi connectivity index (χ0v) is 6.76. The van der Waals surface area contributed by atoms with Crippen LogP contribution in [0.15, 0.2) is 22.8 Å². The molecule has 0 atom stereocenters. The second kappa shape index (κ2) is 2.69. The molecule has 1 aromatic heterocycles. The fourth-order valence-corrected chi connectivity index (χ4v) is 0.821. The van der Waals surface area contributed by atoms with Crippen molar-refractivity contribution >= 4 is 10.5 Å². The summed E-state index contributed by atoms with van der Waals surface area (Å²) in [6.45, 7) is 0.624. The molecule has 0 saturated carbocycles. The van der Waals surface area contributed by atoms with Gasteiger partial charge < -0.3 is 8.84 Å². The maximum Gasteiger partial charge on any atom is 0.146 e. The molecular weight excluding hydrogens is 120 g/mol. The zero-order valence-electron chi connectivity index (χ0n) is 4.76. The molecule has 44 valence electrons. The molecule has 0 aromatic carbocycles. The van der Waals surface area contributed by atoms with Crippen LogP contribution in [0, 0.1) is 0 Å². The minimum absolute atomic E-state index is 0.624. The summed E-state index contributed by atoms with van der Waals surface area (Å²) < 4.78 is 9.90. The predicted octanol–water partition coefficient (Wildman–Crippen LogP) is 0.0766. The normalized spacial score (nSPS) is 10.0. The van der Waals surface area contributed by atoms with Crippen molar-refractivity contribution in [1.82, 2.24) is 0 Å². The van der Waals surface area contributed by atoms with E-state index in [1.165, 1.54) is 0 Å². The molecule has 0 aliphatic carbocycles. The van der Waals surface area contributed by atoms with Crippen LogP contribution < -0.4 is 0 Å². The van der Waals surface area contributed by atoms with Gasteiger partial charge in [-0.15, -0.1) is 0 Å². The van der Waals surface area contributed by atoms with Crippen molar-refractivity contribution in [3.8, 4) is 0 Å². The molecule has 8 heavy (non-hydrogen) atoms. The lowest BCUT2D eigenvalue weighted by atomic mass is 10.5. The van der Waals surface area contributed by atoms with E-state index in [1.54, 1.807) is 6.26 Å². The van der Waals surface area contributed by atoms with Crippen LogP contribution in [-0.2, 0) is 11.0 Å². The Hall–Kier alpha value is -0.543. The van der Waals surface area contributed by atoms with Gasteiger partial charge in [0, 0.05) is 0 Å². The quantitative estimate of drug-likeness (QED) is 0.526. The largest absolute Gasteiger partial charge is 0.467 e. The van der Waals surface area contributed by atoms with Gasteiger partial charge in [0.1, 0.15) is 16.2 Å². The minimum Gasteiger partial charge on any atom is -0.467 e. The van der Waals surface area contributed by atoms with Crippen LogP contribution in [0.25, 0.3) is 0 Å². The van der Waals surface area contributed by atoms with E-state index in [9.17, 15) is 0 Å². The van der Waals surface area contributed by atoms with Crippen molar-refractivity contribution in [2.24, 2.45) is 0 Å². The van der Waals surface area contributed by atoms with E-state index in [-0.39, 0.29) is 0 Å². The van der Waals surface area contributed by atoms with E-state index < -0.39 is 0 Å². The minimum atomic E-state index is 0.624. The van der Waals surface area contributed by atoms with Crippen LogP contribution in [0.3, 0.4) is 0 Å². The fourth-order valence-electron chi connectivity index (χ4n) is 0.537. The average Bonchev–Trinajstić information content (AvgIpc) is 2.19. The second-order valence-electron chi connectivity index (χ2n) is 1.51. The summed E-state index contributed by atoms with van der Waals surface area (Å²) in [5, 5.41) is 0. The van der Waals surface area contributed by atoms with Gasteiger partial charge in [-0.25, -0.2) is 0 Å². The van der Waals surface area contributed by atoms with Crippen LogP contribution in [0.1, 0.15) is 5.76 Å². The Bertz CT molecular complexity index is 136. The van der Waals surface area contributed by atoms with E-state index in [2.05, 4.69) is 0 Å². The monoisotopic (exact) mass is 128 g/mol. The molecule has 0 radical (unpaired) electrons. The maximum atomic E-state index is 4.97. The molecule has 0 aliphatic rings. The van der Waals surface area contributed by atoms with Gasteiger partial charge in [-0.05, 0) is 12.1 Å². The van der Waals surface area contributed by atoms with E-state index >= 15 is 0 Å². The topological polar surface area (TPSA) is 22.4 Å². The number of hydrogen-bond acceptors (Lipinski definition) is 2. The Labute approximate surface area is 51.0 Å². The summed E-state index contributed by atoms with van der Waals surface area (Å²) in [6, 6.07) is 3.76. The van der Waals surface area contributed by atoms with Crippen LogP contribution in [0.5, 0.6) is 0 Å². The Morgan fingerprint density at radius 2 is 2.62 bits per heavy atom. The smallest absolute Gasteiger partial charge is 0.146 e. The lowest BCUT2D eigenvalue weighted by Gasteiger charge is -1.89. The molecule has 1 rings (SSSR count). The third kappa shape index (κ3) is 1.21. The first-order valence-corrected chi connectivity index (χ1v) is 3.26. The van der Waals surface area contributed by atoms with E-state index in [0.717, 1.165) is 16.2 Å². The number of rotatable bonds is 2. The van der Waals surface area contributed by atoms with Crippen LogP contribution in [0.4, 0.5) is 0 Å². The maximum absolute atomic E-state index is 4.97. The van der Waals surface area contributed by atoms with Crippen molar-refractivity contribution in [1.29, 1.82) is 0 Å². The van der Waals surface area contributed by atoms with Gasteiger partial charge in [-0.2, -0.15) is 0 Å². The molecule has 0 unspecified atom stereocenters. The first-order chi connectivity index (χ1) is 3.93. The van der Waals surface area contributed by atoms with Crippen LogP contribution in [0.2, 0.25) is 0 Å². The lowest BCUT2D eigenvalue weighted by Crippen LogP contribution is -1.82. The molecule has 0 saturated heterocycles. The van der Waals surface area contributed by atoms with Gasteiger partial charge in [0.25, 0.3) is 0 Å². The molecule has 0 bridgehead atoms. The van der Waals surface area contributed by atoms with Gasteiger partial charge in [-0.3, -0.25) is 0 Å². The molecule has 2 nitrogen and oxygen atoms in total. The highest BCUT2D eigenvalue weighted by molar-refractivity contribution is 5.97. The second-order valence-corrected chi connectivity index (χ2v) is 2.09. The zero-order chi connectivity index (χ0) is 5.82. The van der Waals surface area contributed by atoms with E-state index in [1.807, 2.05) is 12.1 Å². The lowest BCUT2D eigenvalue weighted by molar-refractivity contribution is 0.294. The van der Waals surface area contributed by atoms with E-state index in [0.29, 0.717) is 6.61 Å². The Morgan fingerprint density at radius 3 is 3.12 bits per heavy atom. The van der Waals surface area contributed by atoms with Crippen molar-refractivity contribution in [3.63, 3.8) is 0 Å². The number of furan rings is 1. The molecule has 1 heterocycles. The summed E-state index contributed by atoms with van der Waals surface area (Å²) in [4.78, 5) is 0. The molecule has 0 spiro atoms. The molecule has 0 fully saturated rings. The van der Waals surface area contributed by atoms with Crippen molar-refractivity contribution in [3.05, 3.63) is 24.2 Å². The SMILES string of the molecule is [SiH3]OCc1ccco1. The fraction of sp³-hybridized carbons (Fsp3) is 0.200. The van der Waals surface area contributed by atoms with Crippen molar-refractivity contribution in [2.75, 3.05) is 0 Å². The molecule has 0 aliphatic heterocycles. The van der Waals surface area contributed by atoms with Crippen LogP contribution >= 0.6 is 0 Å². The highest BCUT2D eigenvalue weighted by Crippen LogP contribution is 1.99. The first kappa shape index (κ1) is 5.59. The van der Waals surface area contributed by atoms with Gasteiger partial charge in [0.05, 0.1) is 12.9 Å². The molecule has 0 N–H and O–H groups in total. The first-order valence-electron chi connectivity index (χ1n) is 2.45. The van der Waals surface area contributed by atoms with Gasteiger partial charge >= 0.3 is 0 Å². The van der Waals surface area contributed by atoms with Crippen molar-refractivity contribution < 1.29 is 8.84 Å². The summed E-state index contributed by atoms with van der Waals surface area (Å²) >= 11 is 0. The summed E-state index contributed by atoms with van der Waals surface area (Å²) in [7, 11) is 0.775.